The normalized spacial score (nSPS) is 11.0. The monoisotopic (exact) mass is 298 g/mol. The number of benzene rings is 2. The fourth-order valence-electron chi connectivity index (χ4n) is 2.89. The van der Waals surface area contributed by atoms with Crippen LogP contribution in [0.4, 0.5) is 8.78 Å². The molecule has 4 heteroatoms. The summed E-state index contributed by atoms with van der Waals surface area (Å²) in [6, 6.07) is 8.02. The molecule has 3 aromatic rings. The second-order valence-corrected chi connectivity index (χ2v) is 5.50. The first kappa shape index (κ1) is 14.4. The Labute approximate surface area is 128 Å². The van der Waals surface area contributed by atoms with E-state index < -0.39 is 11.6 Å². The molecule has 0 spiro atoms. The molecule has 1 aromatic heterocycles. The topological polar surface area (TPSA) is 17.8 Å². The van der Waals surface area contributed by atoms with Gasteiger partial charge in [0, 0.05) is 18.0 Å². The molecule has 0 unspecified atom stereocenters. The summed E-state index contributed by atoms with van der Waals surface area (Å²) in [4.78, 5) is 4.31. The molecule has 0 saturated heterocycles. The first-order chi connectivity index (χ1) is 10.5. The molecule has 2 nitrogen and oxygen atoms in total. The lowest BCUT2D eigenvalue weighted by Gasteiger charge is -2.15. The molecular weight excluding hydrogens is 282 g/mol. The third-order valence-corrected chi connectivity index (χ3v) is 3.69. The molecule has 0 aliphatic heterocycles. The first-order valence-electron chi connectivity index (χ1n) is 7.04. The lowest BCUT2D eigenvalue weighted by Crippen LogP contribution is -2.02. The van der Waals surface area contributed by atoms with Crippen molar-refractivity contribution >= 4 is 0 Å². The van der Waals surface area contributed by atoms with Crippen LogP contribution in [0.3, 0.4) is 0 Å². The number of imidazole rings is 1. The van der Waals surface area contributed by atoms with Gasteiger partial charge in [0.15, 0.2) is 11.6 Å². The van der Waals surface area contributed by atoms with E-state index in [0.717, 1.165) is 22.9 Å². The molecule has 0 aliphatic rings. The summed E-state index contributed by atoms with van der Waals surface area (Å²) in [6.45, 7) is 6.11. The Balaban J connectivity index is 2.20. The quantitative estimate of drug-likeness (QED) is 0.668. The molecule has 0 bridgehead atoms. The molecule has 0 N–H and O–H groups in total. The molecule has 0 atom stereocenters. The number of nitrogens with zero attached hydrogens (tertiary/aromatic N) is 2. The maximum Gasteiger partial charge on any atom is 0.159 e. The van der Waals surface area contributed by atoms with Gasteiger partial charge in [-0.15, -0.1) is 0 Å². The van der Waals surface area contributed by atoms with Gasteiger partial charge >= 0.3 is 0 Å². The average molecular weight is 298 g/mol. The highest BCUT2D eigenvalue weighted by Crippen LogP contribution is 2.27. The average Bonchev–Trinajstić information content (AvgIpc) is 2.90. The Bertz CT molecular complexity index is 827. The lowest BCUT2D eigenvalue weighted by molar-refractivity contribution is 0.509. The van der Waals surface area contributed by atoms with Crippen LogP contribution in [0.1, 0.15) is 16.7 Å². The predicted molar refractivity (Wildman–Crippen MR) is 83.1 cm³/mol. The molecular formula is C18H16F2N2. The number of rotatable bonds is 2. The Kier molecular flexibility index (Phi) is 3.53. The van der Waals surface area contributed by atoms with Gasteiger partial charge in [-0.05, 0) is 50.1 Å². The highest BCUT2D eigenvalue weighted by Gasteiger charge is 2.14. The fourth-order valence-corrected chi connectivity index (χ4v) is 2.89. The smallest absolute Gasteiger partial charge is 0.159 e. The molecule has 112 valence electrons. The van der Waals surface area contributed by atoms with Gasteiger partial charge in [-0.3, -0.25) is 4.57 Å². The predicted octanol–water partition coefficient (Wildman–Crippen LogP) is 4.74. The SMILES string of the molecule is Cc1cc(C)c(-n2ccnc2-c2ccc(F)c(F)c2)c(C)c1. The zero-order valence-corrected chi connectivity index (χ0v) is 12.7. The van der Waals surface area contributed by atoms with Crippen molar-refractivity contribution in [3.63, 3.8) is 0 Å². The van der Waals surface area contributed by atoms with Gasteiger partial charge in [0.2, 0.25) is 0 Å². The van der Waals surface area contributed by atoms with Crippen LogP contribution in [0.25, 0.3) is 17.1 Å². The maximum absolute atomic E-state index is 13.5. The lowest BCUT2D eigenvalue weighted by atomic mass is 10.0. The highest BCUT2D eigenvalue weighted by atomic mass is 19.2. The van der Waals surface area contributed by atoms with Crippen molar-refractivity contribution in [1.82, 2.24) is 9.55 Å². The van der Waals surface area contributed by atoms with Crippen molar-refractivity contribution in [2.75, 3.05) is 0 Å². The minimum atomic E-state index is -0.871. The van der Waals surface area contributed by atoms with E-state index in [9.17, 15) is 8.78 Å². The Morgan fingerprint density at radius 1 is 0.909 bits per heavy atom. The van der Waals surface area contributed by atoms with Gasteiger partial charge < -0.3 is 0 Å². The third kappa shape index (κ3) is 2.41. The standard InChI is InChI=1S/C18H16F2N2/c1-11-8-12(2)17(13(3)9-11)22-7-6-21-18(22)14-4-5-15(19)16(20)10-14/h4-10H,1-3H3. The van der Waals surface area contributed by atoms with Crippen LogP contribution >= 0.6 is 0 Å². The van der Waals surface area contributed by atoms with Gasteiger partial charge in [-0.1, -0.05) is 17.7 Å². The number of aryl methyl sites for hydroxylation is 3. The molecule has 2 aromatic carbocycles. The summed E-state index contributed by atoms with van der Waals surface area (Å²) in [5.74, 6) is -1.14. The van der Waals surface area contributed by atoms with Crippen LogP contribution in [0.15, 0.2) is 42.7 Å². The van der Waals surface area contributed by atoms with E-state index >= 15 is 0 Å². The van der Waals surface area contributed by atoms with Gasteiger partial charge in [-0.2, -0.15) is 0 Å². The van der Waals surface area contributed by atoms with E-state index in [1.165, 1.54) is 17.7 Å². The molecule has 0 aliphatic carbocycles. The van der Waals surface area contributed by atoms with E-state index in [-0.39, 0.29) is 0 Å². The molecule has 22 heavy (non-hydrogen) atoms. The number of halogens is 2. The molecule has 3 rings (SSSR count). The molecule has 0 saturated carbocycles. The third-order valence-electron chi connectivity index (χ3n) is 3.69. The van der Waals surface area contributed by atoms with Crippen LogP contribution in [-0.4, -0.2) is 9.55 Å². The number of hydrogen-bond acceptors (Lipinski definition) is 1. The van der Waals surface area contributed by atoms with E-state index in [1.54, 1.807) is 6.20 Å². The highest BCUT2D eigenvalue weighted by molar-refractivity contribution is 5.61. The van der Waals surface area contributed by atoms with Crippen molar-refractivity contribution in [2.24, 2.45) is 0 Å². The van der Waals surface area contributed by atoms with Crippen molar-refractivity contribution in [3.05, 3.63) is 71.1 Å². The van der Waals surface area contributed by atoms with Crippen LogP contribution < -0.4 is 0 Å². The molecule has 0 fully saturated rings. The second kappa shape index (κ2) is 5.37. The second-order valence-electron chi connectivity index (χ2n) is 5.50. The first-order valence-corrected chi connectivity index (χ1v) is 7.04. The van der Waals surface area contributed by atoms with Crippen LogP contribution in [0.5, 0.6) is 0 Å². The van der Waals surface area contributed by atoms with E-state index in [1.807, 2.05) is 31.5 Å². The zero-order valence-electron chi connectivity index (χ0n) is 12.7. The van der Waals surface area contributed by atoms with Gasteiger partial charge in [0.25, 0.3) is 0 Å². The van der Waals surface area contributed by atoms with Gasteiger partial charge in [-0.25, -0.2) is 13.8 Å². The Morgan fingerprint density at radius 2 is 1.59 bits per heavy atom. The largest absolute Gasteiger partial charge is 0.299 e. The van der Waals surface area contributed by atoms with Crippen molar-refractivity contribution in [1.29, 1.82) is 0 Å². The van der Waals surface area contributed by atoms with Crippen molar-refractivity contribution < 1.29 is 8.78 Å². The van der Waals surface area contributed by atoms with Crippen LogP contribution in [0, 0.1) is 32.4 Å². The maximum atomic E-state index is 13.5. The van der Waals surface area contributed by atoms with E-state index in [4.69, 9.17) is 0 Å². The Morgan fingerprint density at radius 3 is 2.23 bits per heavy atom. The number of aromatic nitrogens is 2. The van der Waals surface area contributed by atoms with E-state index in [0.29, 0.717) is 11.4 Å². The summed E-state index contributed by atoms with van der Waals surface area (Å²) in [5.41, 5.74) is 4.97. The summed E-state index contributed by atoms with van der Waals surface area (Å²) in [6.07, 6.45) is 3.50. The van der Waals surface area contributed by atoms with Gasteiger partial charge in [0.1, 0.15) is 5.82 Å². The van der Waals surface area contributed by atoms with Crippen LogP contribution in [0.2, 0.25) is 0 Å². The van der Waals surface area contributed by atoms with Gasteiger partial charge in [0.05, 0.1) is 5.69 Å². The minimum absolute atomic E-state index is 0.545. The molecule has 0 radical (unpaired) electrons. The fraction of sp³-hybridized carbons (Fsp3) is 0.167. The van der Waals surface area contributed by atoms with Crippen LogP contribution in [-0.2, 0) is 0 Å². The zero-order chi connectivity index (χ0) is 15.9. The summed E-state index contributed by atoms with van der Waals surface area (Å²) < 4.78 is 28.6. The Hall–Kier alpha value is -2.49. The molecule has 1 heterocycles. The van der Waals surface area contributed by atoms with Crippen molar-refractivity contribution in [2.45, 2.75) is 20.8 Å². The van der Waals surface area contributed by atoms with E-state index in [2.05, 4.69) is 17.1 Å². The van der Waals surface area contributed by atoms with Crippen molar-refractivity contribution in [3.8, 4) is 17.1 Å². The minimum Gasteiger partial charge on any atom is -0.299 e. The summed E-state index contributed by atoms with van der Waals surface area (Å²) in [7, 11) is 0. The summed E-state index contributed by atoms with van der Waals surface area (Å²) in [5, 5.41) is 0. The number of hydrogen-bond donors (Lipinski definition) is 0. The summed E-state index contributed by atoms with van der Waals surface area (Å²) >= 11 is 0. The molecule has 0 amide bonds.